The van der Waals surface area contributed by atoms with Crippen molar-refractivity contribution in [3.05, 3.63) is 70.2 Å². The van der Waals surface area contributed by atoms with E-state index in [1.165, 1.54) is 0 Å². The fourth-order valence-electron chi connectivity index (χ4n) is 2.34. The predicted octanol–water partition coefficient (Wildman–Crippen LogP) is 2.21. The van der Waals surface area contributed by atoms with Crippen molar-refractivity contribution in [2.75, 3.05) is 6.54 Å². The number of hydrogen-bond donors (Lipinski definition) is 2. The molecule has 0 aliphatic rings. The number of nitrogens with one attached hydrogen (secondary N) is 1. The molecule has 3 aromatic rings. The predicted molar refractivity (Wildman–Crippen MR) is 74.2 cm³/mol. The molecule has 1 unspecified atom stereocenters. The molecule has 3 N–H and O–H groups in total. The molecule has 1 heterocycles. The van der Waals surface area contributed by atoms with Gasteiger partial charge in [-0.2, -0.15) is 0 Å². The monoisotopic (exact) mass is 254 g/mol. The van der Waals surface area contributed by atoms with Crippen LogP contribution in [-0.4, -0.2) is 11.5 Å². The van der Waals surface area contributed by atoms with Gasteiger partial charge in [0.25, 0.3) is 0 Å². The molecule has 0 saturated heterocycles. The third-order valence-corrected chi connectivity index (χ3v) is 3.28. The van der Waals surface area contributed by atoms with Crippen molar-refractivity contribution in [1.29, 1.82) is 0 Å². The van der Waals surface area contributed by atoms with Gasteiger partial charge in [-0.25, -0.2) is 4.79 Å². The highest BCUT2D eigenvalue weighted by molar-refractivity contribution is 5.73. The van der Waals surface area contributed by atoms with Crippen molar-refractivity contribution in [3.63, 3.8) is 0 Å². The largest absolute Gasteiger partial charge is 0.417 e. The summed E-state index contributed by atoms with van der Waals surface area (Å²) in [6.07, 6.45) is 0. The Kier molecular flexibility index (Phi) is 2.93. The average Bonchev–Trinajstić information content (AvgIpc) is 2.80. The number of nitrogens with two attached hydrogens (primary N) is 1. The van der Waals surface area contributed by atoms with Crippen LogP contribution >= 0.6 is 0 Å². The van der Waals surface area contributed by atoms with Gasteiger partial charge in [-0.15, -0.1) is 0 Å². The molecule has 4 heteroatoms. The minimum Gasteiger partial charge on any atom is -0.408 e. The summed E-state index contributed by atoms with van der Waals surface area (Å²) in [5, 5.41) is 0. The highest BCUT2D eigenvalue weighted by atomic mass is 16.4. The maximum atomic E-state index is 11.2. The molecule has 3 rings (SSSR count). The number of rotatable bonds is 3. The zero-order valence-corrected chi connectivity index (χ0v) is 10.3. The first-order chi connectivity index (χ1) is 9.28. The first kappa shape index (κ1) is 11.7. The molecular formula is C15H14N2O2. The Balaban J connectivity index is 2.08. The summed E-state index contributed by atoms with van der Waals surface area (Å²) in [5.41, 5.74) is 9.39. The Morgan fingerprint density at radius 2 is 1.89 bits per heavy atom. The van der Waals surface area contributed by atoms with Crippen molar-refractivity contribution in [2.45, 2.75) is 5.92 Å². The maximum Gasteiger partial charge on any atom is 0.417 e. The van der Waals surface area contributed by atoms with E-state index in [1.54, 1.807) is 6.07 Å². The molecule has 0 aliphatic carbocycles. The molecule has 0 saturated carbocycles. The van der Waals surface area contributed by atoms with E-state index in [-0.39, 0.29) is 5.92 Å². The Labute approximate surface area is 109 Å². The first-order valence-electron chi connectivity index (χ1n) is 6.15. The molecule has 19 heavy (non-hydrogen) atoms. The van der Waals surface area contributed by atoms with E-state index in [0.717, 1.165) is 11.1 Å². The SMILES string of the molecule is NCC(c1ccccc1)c1ccc2oc(=O)[nH]c2c1. The number of oxazole rings is 1. The van der Waals surface area contributed by atoms with Gasteiger partial charge in [0.1, 0.15) is 0 Å². The third-order valence-electron chi connectivity index (χ3n) is 3.28. The van der Waals surface area contributed by atoms with Gasteiger partial charge in [0.15, 0.2) is 5.58 Å². The summed E-state index contributed by atoms with van der Waals surface area (Å²) in [6.45, 7) is 0.512. The van der Waals surface area contributed by atoms with Crippen LogP contribution in [0.15, 0.2) is 57.7 Å². The molecular weight excluding hydrogens is 240 g/mol. The second-order valence-corrected chi connectivity index (χ2v) is 4.47. The molecule has 0 aliphatic heterocycles. The Hall–Kier alpha value is -2.33. The van der Waals surface area contributed by atoms with Crippen LogP contribution in [0.3, 0.4) is 0 Å². The zero-order chi connectivity index (χ0) is 13.2. The standard InChI is InChI=1S/C15H14N2O2/c16-9-12(10-4-2-1-3-5-10)11-6-7-14-13(8-11)17-15(18)19-14/h1-8,12H,9,16H2,(H,17,18). The van der Waals surface area contributed by atoms with Crippen molar-refractivity contribution >= 4 is 11.1 Å². The Morgan fingerprint density at radius 3 is 2.63 bits per heavy atom. The lowest BCUT2D eigenvalue weighted by Gasteiger charge is -2.15. The van der Waals surface area contributed by atoms with Gasteiger partial charge in [0, 0.05) is 12.5 Å². The summed E-state index contributed by atoms with van der Waals surface area (Å²) in [4.78, 5) is 13.8. The summed E-state index contributed by atoms with van der Waals surface area (Å²) in [5.74, 6) is -0.319. The fourth-order valence-corrected chi connectivity index (χ4v) is 2.34. The van der Waals surface area contributed by atoms with Crippen molar-refractivity contribution in [2.24, 2.45) is 5.73 Å². The van der Waals surface area contributed by atoms with Crippen LogP contribution in [0.25, 0.3) is 11.1 Å². The van der Waals surface area contributed by atoms with Crippen LogP contribution in [0.2, 0.25) is 0 Å². The van der Waals surface area contributed by atoms with Crippen LogP contribution in [0.5, 0.6) is 0 Å². The summed E-state index contributed by atoms with van der Waals surface area (Å²) in [6, 6.07) is 15.8. The van der Waals surface area contributed by atoms with Gasteiger partial charge in [-0.1, -0.05) is 36.4 Å². The van der Waals surface area contributed by atoms with E-state index >= 15 is 0 Å². The lowest BCUT2D eigenvalue weighted by molar-refractivity contribution is 0.555. The van der Waals surface area contributed by atoms with Crippen LogP contribution in [0.1, 0.15) is 17.0 Å². The fraction of sp³-hybridized carbons (Fsp3) is 0.133. The highest BCUT2D eigenvalue weighted by Gasteiger charge is 2.13. The molecule has 2 aromatic carbocycles. The quantitative estimate of drug-likeness (QED) is 0.752. The third kappa shape index (κ3) is 2.18. The van der Waals surface area contributed by atoms with Gasteiger partial charge in [0.2, 0.25) is 0 Å². The van der Waals surface area contributed by atoms with Crippen molar-refractivity contribution in [3.8, 4) is 0 Å². The molecule has 0 spiro atoms. The average molecular weight is 254 g/mol. The minimum absolute atomic E-state index is 0.115. The van der Waals surface area contributed by atoms with Gasteiger partial charge in [-0.3, -0.25) is 4.98 Å². The highest BCUT2D eigenvalue weighted by Crippen LogP contribution is 2.25. The second-order valence-electron chi connectivity index (χ2n) is 4.47. The lowest BCUT2D eigenvalue weighted by atomic mass is 9.91. The number of fused-ring (bicyclic) bond motifs is 1. The minimum atomic E-state index is -0.434. The zero-order valence-electron chi connectivity index (χ0n) is 10.3. The summed E-state index contributed by atoms with van der Waals surface area (Å²) < 4.78 is 5.00. The van der Waals surface area contributed by atoms with Crippen molar-refractivity contribution in [1.82, 2.24) is 4.98 Å². The van der Waals surface area contributed by atoms with Gasteiger partial charge in [-0.05, 0) is 23.3 Å². The normalized spacial score (nSPS) is 12.7. The molecule has 1 atom stereocenters. The number of H-pyrrole nitrogens is 1. The lowest BCUT2D eigenvalue weighted by Crippen LogP contribution is -2.13. The van der Waals surface area contributed by atoms with Crippen molar-refractivity contribution < 1.29 is 4.42 Å². The topological polar surface area (TPSA) is 72.0 Å². The number of aromatic nitrogens is 1. The van der Waals surface area contributed by atoms with E-state index in [9.17, 15) is 4.79 Å². The molecule has 4 nitrogen and oxygen atoms in total. The van der Waals surface area contributed by atoms with Crippen LogP contribution in [-0.2, 0) is 0 Å². The van der Waals surface area contributed by atoms with Crippen LogP contribution in [0, 0.1) is 0 Å². The molecule has 0 bridgehead atoms. The van der Waals surface area contributed by atoms with E-state index in [0.29, 0.717) is 17.6 Å². The van der Waals surface area contributed by atoms with E-state index in [4.69, 9.17) is 10.2 Å². The van der Waals surface area contributed by atoms with Crippen LogP contribution < -0.4 is 11.5 Å². The first-order valence-corrected chi connectivity index (χ1v) is 6.15. The number of aromatic amines is 1. The number of hydrogen-bond acceptors (Lipinski definition) is 3. The van der Waals surface area contributed by atoms with E-state index in [1.807, 2.05) is 30.3 Å². The molecule has 0 amide bonds. The van der Waals surface area contributed by atoms with Gasteiger partial charge < -0.3 is 10.2 Å². The Bertz CT molecular complexity index is 743. The molecule has 96 valence electrons. The van der Waals surface area contributed by atoms with Gasteiger partial charge >= 0.3 is 5.76 Å². The van der Waals surface area contributed by atoms with E-state index < -0.39 is 5.76 Å². The molecule has 0 radical (unpaired) electrons. The summed E-state index contributed by atoms with van der Waals surface area (Å²) in [7, 11) is 0. The number of benzene rings is 2. The maximum absolute atomic E-state index is 11.2. The van der Waals surface area contributed by atoms with Gasteiger partial charge in [0.05, 0.1) is 5.52 Å². The molecule has 0 fully saturated rings. The van der Waals surface area contributed by atoms with Crippen LogP contribution in [0.4, 0.5) is 0 Å². The molecule has 1 aromatic heterocycles. The summed E-state index contributed by atoms with van der Waals surface area (Å²) >= 11 is 0. The van der Waals surface area contributed by atoms with E-state index in [2.05, 4.69) is 17.1 Å². The second kappa shape index (κ2) is 4.74. The Morgan fingerprint density at radius 1 is 1.11 bits per heavy atom. The smallest absolute Gasteiger partial charge is 0.408 e.